The Hall–Kier alpha value is -3.49. The summed E-state index contributed by atoms with van der Waals surface area (Å²) in [6.07, 6.45) is 1.61. The van der Waals surface area contributed by atoms with Gasteiger partial charge in [0.15, 0.2) is 11.5 Å². The van der Waals surface area contributed by atoms with Crippen molar-refractivity contribution in [1.82, 2.24) is 14.5 Å². The molecule has 34 heavy (non-hydrogen) atoms. The summed E-state index contributed by atoms with van der Waals surface area (Å²) in [7, 11) is 3.23. The third-order valence-corrected chi connectivity index (χ3v) is 7.71. The van der Waals surface area contributed by atoms with Crippen LogP contribution >= 0.6 is 22.7 Å². The Morgan fingerprint density at radius 1 is 0.971 bits per heavy atom. The number of rotatable bonds is 6. The first-order chi connectivity index (χ1) is 16.5. The van der Waals surface area contributed by atoms with E-state index in [-0.39, 0.29) is 5.56 Å². The first kappa shape index (κ1) is 22.3. The van der Waals surface area contributed by atoms with Crippen LogP contribution in [0, 0.1) is 13.8 Å². The lowest BCUT2D eigenvalue weighted by Gasteiger charge is -2.10. The molecule has 0 saturated carbocycles. The topological polar surface area (TPSA) is 66.2 Å². The van der Waals surface area contributed by atoms with Gasteiger partial charge in [0.1, 0.15) is 9.84 Å². The molecule has 0 N–H and O–H groups in total. The van der Waals surface area contributed by atoms with Crippen LogP contribution in [0.1, 0.15) is 16.8 Å². The largest absolute Gasteiger partial charge is 0.493 e. The Balaban J connectivity index is 1.51. The summed E-state index contributed by atoms with van der Waals surface area (Å²) in [5, 5.41) is 5.44. The molecule has 3 aromatic heterocycles. The van der Waals surface area contributed by atoms with Crippen molar-refractivity contribution >= 4 is 32.9 Å². The van der Waals surface area contributed by atoms with Crippen LogP contribution in [0.15, 0.2) is 58.3 Å². The van der Waals surface area contributed by atoms with E-state index in [1.54, 1.807) is 25.1 Å². The molecule has 0 atom stereocenters. The highest BCUT2D eigenvalue weighted by molar-refractivity contribution is 7.17. The summed E-state index contributed by atoms with van der Waals surface area (Å²) >= 11 is 3.00. The van der Waals surface area contributed by atoms with Crippen molar-refractivity contribution in [2.75, 3.05) is 14.2 Å². The Morgan fingerprint density at radius 3 is 2.59 bits per heavy atom. The van der Waals surface area contributed by atoms with E-state index in [1.807, 2.05) is 29.0 Å². The van der Waals surface area contributed by atoms with Gasteiger partial charge < -0.3 is 9.47 Å². The maximum absolute atomic E-state index is 13.5. The van der Waals surface area contributed by atoms with Crippen molar-refractivity contribution in [2.24, 2.45) is 0 Å². The third-order valence-electron chi connectivity index (χ3n) is 5.90. The zero-order valence-electron chi connectivity index (χ0n) is 19.3. The van der Waals surface area contributed by atoms with Crippen molar-refractivity contribution in [1.29, 1.82) is 0 Å². The molecule has 172 valence electrons. The Labute approximate surface area is 205 Å². The normalized spacial score (nSPS) is 11.2. The maximum atomic E-state index is 13.5. The van der Waals surface area contributed by atoms with Crippen LogP contribution in [-0.2, 0) is 6.54 Å². The van der Waals surface area contributed by atoms with Crippen molar-refractivity contribution in [3.05, 3.63) is 80.7 Å². The van der Waals surface area contributed by atoms with Gasteiger partial charge in [-0.05, 0) is 42.7 Å². The van der Waals surface area contributed by atoms with Gasteiger partial charge in [-0.3, -0.25) is 9.36 Å². The van der Waals surface area contributed by atoms with E-state index in [1.165, 1.54) is 33.8 Å². The fourth-order valence-corrected chi connectivity index (χ4v) is 5.67. The second-order valence-corrected chi connectivity index (χ2v) is 9.71. The molecule has 0 amide bonds. The highest BCUT2D eigenvalue weighted by atomic mass is 32.1. The molecule has 5 rings (SSSR count). The molecule has 2 aromatic carbocycles. The number of thiazole rings is 1. The lowest BCUT2D eigenvalue weighted by Crippen LogP contribution is -2.21. The molecule has 0 unspecified atom stereocenters. The van der Waals surface area contributed by atoms with Crippen molar-refractivity contribution < 1.29 is 9.47 Å². The van der Waals surface area contributed by atoms with Crippen LogP contribution in [0.3, 0.4) is 0 Å². The van der Waals surface area contributed by atoms with Gasteiger partial charge in [-0.2, -0.15) is 0 Å². The summed E-state index contributed by atoms with van der Waals surface area (Å²) in [5.41, 5.74) is 5.97. The molecule has 6 nitrogen and oxygen atoms in total. The molecule has 0 radical (unpaired) electrons. The van der Waals surface area contributed by atoms with Crippen LogP contribution in [-0.4, -0.2) is 28.8 Å². The minimum absolute atomic E-state index is 0.0620. The van der Waals surface area contributed by atoms with E-state index in [2.05, 4.69) is 37.0 Å². The maximum Gasteiger partial charge on any atom is 0.263 e. The molecule has 8 heteroatoms. The summed E-state index contributed by atoms with van der Waals surface area (Å²) < 4.78 is 12.6. The average Bonchev–Trinajstić information content (AvgIpc) is 3.49. The van der Waals surface area contributed by atoms with Gasteiger partial charge in [0, 0.05) is 16.3 Å². The first-order valence-electron chi connectivity index (χ1n) is 10.7. The van der Waals surface area contributed by atoms with Crippen LogP contribution in [0.5, 0.6) is 11.5 Å². The molecule has 0 aliphatic carbocycles. The number of hydrogen-bond donors (Lipinski definition) is 0. The Kier molecular flexibility index (Phi) is 5.93. The van der Waals surface area contributed by atoms with Crippen molar-refractivity contribution in [3.8, 4) is 33.2 Å². The standard InChI is InChI=1S/C26H23N3O3S2/c1-15-8-9-17(10-16(15)2)20-13-34-25-22(20)26(30)29(14-27-25)11-18-12-33-24(28-18)19-6-5-7-21(31-3)23(19)32-4/h5-10,12-14H,11H2,1-4H3. The number of para-hydroxylation sites is 1. The summed E-state index contributed by atoms with van der Waals surface area (Å²) in [5.74, 6) is 1.29. The third kappa shape index (κ3) is 3.89. The van der Waals surface area contributed by atoms with E-state index < -0.39 is 0 Å². The van der Waals surface area contributed by atoms with Crippen LogP contribution in [0.4, 0.5) is 0 Å². The van der Waals surface area contributed by atoms with Crippen LogP contribution < -0.4 is 15.0 Å². The molecule has 5 aromatic rings. The van der Waals surface area contributed by atoms with Gasteiger partial charge in [0.05, 0.1) is 43.7 Å². The van der Waals surface area contributed by atoms with E-state index >= 15 is 0 Å². The number of fused-ring (bicyclic) bond motifs is 1. The van der Waals surface area contributed by atoms with Crippen LogP contribution in [0.25, 0.3) is 31.9 Å². The monoisotopic (exact) mass is 489 g/mol. The number of nitrogens with zero attached hydrogens (tertiary/aromatic N) is 3. The van der Waals surface area contributed by atoms with Gasteiger partial charge in [0.2, 0.25) is 0 Å². The molecule has 0 aliphatic rings. The molecule has 0 spiro atoms. The zero-order valence-corrected chi connectivity index (χ0v) is 20.9. The molecule has 0 saturated heterocycles. The second kappa shape index (κ2) is 9.04. The predicted molar refractivity (Wildman–Crippen MR) is 139 cm³/mol. The Bertz CT molecular complexity index is 1570. The van der Waals surface area contributed by atoms with Gasteiger partial charge in [0.25, 0.3) is 5.56 Å². The number of aromatic nitrogens is 3. The highest BCUT2D eigenvalue weighted by Gasteiger charge is 2.17. The summed E-state index contributed by atoms with van der Waals surface area (Å²) in [6.45, 7) is 4.51. The number of methoxy groups -OCH3 is 2. The minimum Gasteiger partial charge on any atom is -0.493 e. The average molecular weight is 490 g/mol. The number of ether oxygens (including phenoxy) is 2. The highest BCUT2D eigenvalue weighted by Crippen LogP contribution is 2.39. The van der Waals surface area contributed by atoms with E-state index in [0.717, 1.165) is 32.2 Å². The van der Waals surface area contributed by atoms with Crippen molar-refractivity contribution in [3.63, 3.8) is 0 Å². The van der Waals surface area contributed by atoms with Gasteiger partial charge >= 0.3 is 0 Å². The smallest absolute Gasteiger partial charge is 0.263 e. The number of aryl methyl sites for hydroxylation is 2. The van der Waals surface area contributed by atoms with Gasteiger partial charge in [-0.15, -0.1) is 22.7 Å². The SMILES string of the molecule is COc1cccc(-c2nc(Cn3cnc4scc(-c5ccc(C)c(C)c5)c4c3=O)cs2)c1OC. The molecule has 0 aliphatic heterocycles. The van der Waals surface area contributed by atoms with Crippen LogP contribution in [0.2, 0.25) is 0 Å². The molecular formula is C26H23N3O3S2. The number of thiophene rings is 1. The van der Waals surface area contributed by atoms with E-state index in [4.69, 9.17) is 14.5 Å². The predicted octanol–water partition coefficient (Wildman–Crippen LogP) is 5.93. The minimum atomic E-state index is -0.0620. The van der Waals surface area contributed by atoms with Gasteiger partial charge in [-0.1, -0.05) is 24.3 Å². The van der Waals surface area contributed by atoms with Gasteiger partial charge in [-0.25, -0.2) is 9.97 Å². The summed E-state index contributed by atoms with van der Waals surface area (Å²) in [4.78, 5) is 23.5. The number of hydrogen-bond acceptors (Lipinski definition) is 7. The molecule has 3 heterocycles. The quantitative estimate of drug-likeness (QED) is 0.296. The lowest BCUT2D eigenvalue weighted by atomic mass is 10.0. The molecule has 0 fully saturated rings. The summed E-state index contributed by atoms with van der Waals surface area (Å²) in [6, 6.07) is 12.0. The zero-order chi connectivity index (χ0) is 23.8. The van der Waals surface area contributed by atoms with Crippen molar-refractivity contribution in [2.45, 2.75) is 20.4 Å². The first-order valence-corrected chi connectivity index (χ1v) is 12.5. The Morgan fingerprint density at radius 2 is 1.82 bits per heavy atom. The van der Waals surface area contributed by atoms with E-state index in [9.17, 15) is 4.79 Å². The van der Waals surface area contributed by atoms with E-state index in [0.29, 0.717) is 23.4 Å². The fourth-order valence-electron chi connectivity index (χ4n) is 3.93. The number of benzene rings is 2. The second-order valence-electron chi connectivity index (χ2n) is 7.99. The molecule has 0 bridgehead atoms. The molecular weight excluding hydrogens is 466 g/mol. The lowest BCUT2D eigenvalue weighted by molar-refractivity contribution is 0.356. The fraction of sp³-hybridized carbons (Fsp3) is 0.192.